The fourth-order valence-corrected chi connectivity index (χ4v) is 2.72. The summed E-state index contributed by atoms with van der Waals surface area (Å²) < 4.78 is 0. The SMILES string of the molecule is CCC(C)[C@@H]1CCC[C@H](C(C)C)C1.CO. The Morgan fingerprint density at radius 3 is 2.07 bits per heavy atom. The van der Waals surface area contributed by atoms with Gasteiger partial charge in [0.2, 0.25) is 0 Å². The van der Waals surface area contributed by atoms with Crippen molar-refractivity contribution in [2.24, 2.45) is 23.7 Å². The Kier molecular flexibility index (Phi) is 8.13. The zero-order valence-electron chi connectivity index (χ0n) is 11.3. The van der Waals surface area contributed by atoms with Crippen LogP contribution in [0.2, 0.25) is 0 Å². The van der Waals surface area contributed by atoms with Gasteiger partial charge in [0.15, 0.2) is 0 Å². The lowest BCUT2D eigenvalue weighted by molar-refractivity contribution is 0.168. The summed E-state index contributed by atoms with van der Waals surface area (Å²) in [7, 11) is 1.00. The van der Waals surface area contributed by atoms with Gasteiger partial charge in [-0.15, -0.1) is 0 Å². The van der Waals surface area contributed by atoms with Crippen molar-refractivity contribution >= 4 is 0 Å². The maximum Gasteiger partial charge on any atom is 0.0319 e. The number of rotatable bonds is 3. The summed E-state index contributed by atoms with van der Waals surface area (Å²) in [5, 5.41) is 7.00. The van der Waals surface area contributed by atoms with Gasteiger partial charge in [-0.3, -0.25) is 0 Å². The minimum atomic E-state index is 0.909. The molecule has 0 aromatic carbocycles. The Labute approximate surface area is 96.3 Å². The molecule has 1 nitrogen and oxygen atoms in total. The van der Waals surface area contributed by atoms with E-state index in [-0.39, 0.29) is 0 Å². The Morgan fingerprint density at radius 1 is 1.07 bits per heavy atom. The zero-order valence-corrected chi connectivity index (χ0v) is 11.3. The Bertz CT molecular complexity index is 142. The molecule has 1 unspecified atom stereocenters. The molecular weight excluding hydrogens is 184 g/mol. The van der Waals surface area contributed by atoms with E-state index in [1.54, 1.807) is 0 Å². The predicted molar refractivity (Wildman–Crippen MR) is 67.9 cm³/mol. The average molecular weight is 214 g/mol. The van der Waals surface area contributed by atoms with Crippen LogP contribution in [0.3, 0.4) is 0 Å². The van der Waals surface area contributed by atoms with Gasteiger partial charge in [0.05, 0.1) is 0 Å². The zero-order chi connectivity index (χ0) is 11.8. The topological polar surface area (TPSA) is 20.2 Å². The number of hydrogen-bond donors (Lipinski definition) is 1. The molecule has 0 aromatic rings. The first-order valence-corrected chi connectivity index (χ1v) is 6.59. The summed E-state index contributed by atoms with van der Waals surface area (Å²) >= 11 is 0. The molecule has 15 heavy (non-hydrogen) atoms. The van der Waals surface area contributed by atoms with Crippen LogP contribution in [0, 0.1) is 23.7 Å². The van der Waals surface area contributed by atoms with E-state index < -0.39 is 0 Å². The van der Waals surface area contributed by atoms with Gasteiger partial charge in [-0.1, -0.05) is 53.4 Å². The van der Waals surface area contributed by atoms with E-state index in [0.29, 0.717) is 0 Å². The Hall–Kier alpha value is -0.0400. The monoisotopic (exact) mass is 214 g/mol. The van der Waals surface area contributed by atoms with Crippen LogP contribution < -0.4 is 0 Å². The van der Waals surface area contributed by atoms with Gasteiger partial charge in [0.1, 0.15) is 0 Å². The smallest absolute Gasteiger partial charge is 0.0319 e. The Morgan fingerprint density at radius 2 is 1.60 bits per heavy atom. The second-order valence-electron chi connectivity index (χ2n) is 5.32. The summed E-state index contributed by atoms with van der Waals surface area (Å²) in [6.07, 6.45) is 7.35. The third-order valence-electron chi connectivity index (χ3n) is 4.15. The highest BCUT2D eigenvalue weighted by molar-refractivity contribution is 4.77. The first-order chi connectivity index (χ1) is 7.15. The molecule has 92 valence electrons. The van der Waals surface area contributed by atoms with E-state index >= 15 is 0 Å². The molecule has 1 saturated carbocycles. The highest BCUT2D eigenvalue weighted by atomic mass is 16.2. The van der Waals surface area contributed by atoms with Crippen LogP contribution in [-0.2, 0) is 0 Å². The summed E-state index contributed by atoms with van der Waals surface area (Å²) in [5.74, 6) is 3.92. The second-order valence-corrected chi connectivity index (χ2v) is 5.32. The van der Waals surface area contributed by atoms with Gasteiger partial charge < -0.3 is 5.11 Å². The molecule has 3 atom stereocenters. The van der Waals surface area contributed by atoms with Gasteiger partial charge in [-0.2, -0.15) is 0 Å². The second kappa shape index (κ2) is 8.15. The van der Waals surface area contributed by atoms with E-state index in [4.69, 9.17) is 5.11 Å². The molecule has 0 heterocycles. The minimum absolute atomic E-state index is 0.909. The third-order valence-corrected chi connectivity index (χ3v) is 4.15. The maximum absolute atomic E-state index is 7.00. The lowest BCUT2D eigenvalue weighted by Gasteiger charge is -2.34. The molecule has 0 amide bonds. The molecule has 0 aliphatic heterocycles. The van der Waals surface area contributed by atoms with E-state index in [1.807, 2.05) is 0 Å². The average Bonchev–Trinajstić information content (AvgIpc) is 2.30. The van der Waals surface area contributed by atoms with Gasteiger partial charge >= 0.3 is 0 Å². The molecule has 0 radical (unpaired) electrons. The fraction of sp³-hybridized carbons (Fsp3) is 1.00. The first kappa shape index (κ1) is 15.0. The minimum Gasteiger partial charge on any atom is -0.400 e. The number of aliphatic hydroxyl groups excluding tert-OH is 1. The van der Waals surface area contributed by atoms with Crippen LogP contribution in [0.25, 0.3) is 0 Å². The van der Waals surface area contributed by atoms with Crippen LogP contribution in [0.15, 0.2) is 0 Å². The van der Waals surface area contributed by atoms with Crippen molar-refractivity contribution < 1.29 is 5.11 Å². The summed E-state index contributed by atoms with van der Waals surface area (Å²) in [6, 6.07) is 0. The fourth-order valence-electron chi connectivity index (χ4n) is 2.72. The van der Waals surface area contributed by atoms with E-state index in [9.17, 15) is 0 Å². The quantitative estimate of drug-likeness (QED) is 0.750. The molecule has 0 aromatic heterocycles. The van der Waals surface area contributed by atoms with E-state index in [0.717, 1.165) is 30.8 Å². The molecule has 0 spiro atoms. The molecule has 1 aliphatic carbocycles. The molecule has 0 bridgehead atoms. The lowest BCUT2D eigenvalue weighted by atomic mass is 9.71. The standard InChI is InChI=1S/C13H26.CH4O/c1-5-11(4)13-8-6-7-12(9-13)10(2)3;1-2/h10-13H,5-9H2,1-4H3;2H,1H3/t11?,12-,13+;/m0./s1. The van der Waals surface area contributed by atoms with Crippen molar-refractivity contribution in [1.82, 2.24) is 0 Å². The number of hydrogen-bond acceptors (Lipinski definition) is 1. The Balaban J connectivity index is 0.000000921. The van der Waals surface area contributed by atoms with Crippen molar-refractivity contribution in [3.8, 4) is 0 Å². The van der Waals surface area contributed by atoms with Crippen molar-refractivity contribution in [3.05, 3.63) is 0 Å². The summed E-state index contributed by atoms with van der Waals surface area (Å²) in [6.45, 7) is 9.56. The van der Waals surface area contributed by atoms with Crippen LogP contribution >= 0.6 is 0 Å². The first-order valence-electron chi connectivity index (χ1n) is 6.59. The van der Waals surface area contributed by atoms with Gasteiger partial charge in [-0.25, -0.2) is 0 Å². The van der Waals surface area contributed by atoms with Crippen molar-refractivity contribution in [1.29, 1.82) is 0 Å². The number of aliphatic hydroxyl groups is 1. The van der Waals surface area contributed by atoms with Crippen LogP contribution in [0.4, 0.5) is 0 Å². The lowest BCUT2D eigenvalue weighted by Crippen LogP contribution is -2.23. The largest absolute Gasteiger partial charge is 0.400 e. The predicted octanol–water partition coefficient (Wildman–Crippen LogP) is 4.10. The van der Waals surface area contributed by atoms with E-state index in [1.165, 1.54) is 32.1 Å². The normalized spacial score (nSPS) is 28.2. The molecule has 1 rings (SSSR count). The van der Waals surface area contributed by atoms with Gasteiger partial charge in [0, 0.05) is 7.11 Å². The van der Waals surface area contributed by atoms with Gasteiger partial charge in [-0.05, 0) is 30.1 Å². The summed E-state index contributed by atoms with van der Waals surface area (Å²) in [5.41, 5.74) is 0. The molecule has 1 aliphatic rings. The molecule has 0 saturated heterocycles. The molecular formula is C14H30O. The molecule has 1 N–H and O–H groups in total. The van der Waals surface area contributed by atoms with Crippen LogP contribution in [0.1, 0.15) is 59.8 Å². The highest BCUT2D eigenvalue weighted by Gasteiger charge is 2.26. The highest BCUT2D eigenvalue weighted by Crippen LogP contribution is 2.37. The van der Waals surface area contributed by atoms with Crippen LogP contribution in [-0.4, -0.2) is 12.2 Å². The van der Waals surface area contributed by atoms with Crippen molar-refractivity contribution in [2.75, 3.05) is 7.11 Å². The van der Waals surface area contributed by atoms with Crippen LogP contribution in [0.5, 0.6) is 0 Å². The van der Waals surface area contributed by atoms with E-state index in [2.05, 4.69) is 27.7 Å². The third kappa shape index (κ3) is 5.01. The maximum atomic E-state index is 7.00. The molecule has 1 fully saturated rings. The molecule has 1 heteroatoms. The van der Waals surface area contributed by atoms with Gasteiger partial charge in [0.25, 0.3) is 0 Å². The summed E-state index contributed by atoms with van der Waals surface area (Å²) in [4.78, 5) is 0. The van der Waals surface area contributed by atoms with Crippen molar-refractivity contribution in [3.63, 3.8) is 0 Å². The van der Waals surface area contributed by atoms with Crippen molar-refractivity contribution in [2.45, 2.75) is 59.8 Å².